The second-order valence-electron chi connectivity index (χ2n) is 6.68. The number of esters is 3. The molecule has 0 radical (unpaired) electrons. The molecule has 0 aromatic carbocycles. The zero-order valence-electron chi connectivity index (χ0n) is 17.9. The second-order valence-corrected chi connectivity index (χ2v) is 8.45. The molecule has 2 heterocycles. The van der Waals surface area contributed by atoms with Gasteiger partial charge < -0.3 is 18.9 Å². The minimum Gasteiger partial charge on any atom is -0.456 e. The fourth-order valence-electron chi connectivity index (χ4n) is 3.50. The first-order valence-electron chi connectivity index (χ1n) is 9.66. The number of ether oxygens (including phenoxy) is 4. The van der Waals surface area contributed by atoms with Crippen molar-refractivity contribution in [3.8, 4) is 0 Å². The van der Waals surface area contributed by atoms with Gasteiger partial charge in [-0.25, -0.2) is 9.36 Å². The number of cyclic esters (lactones) is 1. The fourth-order valence-corrected chi connectivity index (χ4v) is 5.00. The average Bonchev–Trinajstić information content (AvgIpc) is 3.02. The van der Waals surface area contributed by atoms with Crippen molar-refractivity contribution in [1.29, 1.82) is 0 Å². The van der Waals surface area contributed by atoms with Crippen molar-refractivity contribution >= 4 is 31.7 Å². The quantitative estimate of drug-likeness (QED) is 0.289. The number of amides is 1. The Hall–Kier alpha value is -2.21. The minimum atomic E-state index is -3.99. The molecular formula is C17H27N2O11P. The lowest BCUT2D eigenvalue weighted by Gasteiger charge is -2.47. The Balaban J connectivity index is 2.56. The minimum absolute atomic E-state index is 0.00650. The van der Waals surface area contributed by atoms with E-state index in [2.05, 4.69) is 5.09 Å². The van der Waals surface area contributed by atoms with Crippen molar-refractivity contribution in [3.63, 3.8) is 0 Å². The van der Waals surface area contributed by atoms with Crippen LogP contribution in [0.1, 0.15) is 34.6 Å². The van der Waals surface area contributed by atoms with E-state index >= 15 is 0 Å². The molecule has 2 aliphatic heterocycles. The Kier molecular flexibility index (Phi) is 8.41. The number of nitrogens with one attached hydrogen (secondary N) is 1. The normalized spacial score (nSPS) is 27.8. The Labute approximate surface area is 179 Å². The molecule has 2 aliphatic rings. The van der Waals surface area contributed by atoms with Gasteiger partial charge in [0.25, 0.3) is 0 Å². The van der Waals surface area contributed by atoms with Gasteiger partial charge in [-0.15, -0.1) is 0 Å². The van der Waals surface area contributed by atoms with Crippen LogP contribution in [0, 0.1) is 0 Å². The van der Waals surface area contributed by atoms with E-state index in [0.717, 1.165) is 25.7 Å². The summed E-state index contributed by atoms with van der Waals surface area (Å²) < 4.78 is 44.6. The highest BCUT2D eigenvalue weighted by Crippen LogP contribution is 2.46. The molecule has 176 valence electrons. The number of nitrogens with zero attached hydrogens (tertiary/aromatic N) is 1. The predicted octanol–water partition coefficient (Wildman–Crippen LogP) is 0.713. The van der Waals surface area contributed by atoms with E-state index in [9.17, 15) is 23.7 Å². The van der Waals surface area contributed by atoms with Crippen molar-refractivity contribution in [3.05, 3.63) is 0 Å². The molecule has 2 fully saturated rings. The van der Waals surface area contributed by atoms with Gasteiger partial charge in [-0.1, -0.05) is 0 Å². The molecule has 13 nitrogen and oxygen atoms in total. The largest absolute Gasteiger partial charge is 0.456 e. The van der Waals surface area contributed by atoms with Gasteiger partial charge in [0.15, 0.2) is 18.3 Å². The summed E-state index contributed by atoms with van der Waals surface area (Å²) in [5, 5.41) is 2.60. The summed E-state index contributed by atoms with van der Waals surface area (Å²) in [5.74, 6) is -2.26. The van der Waals surface area contributed by atoms with Gasteiger partial charge in [0.1, 0.15) is 18.8 Å². The van der Waals surface area contributed by atoms with Crippen LogP contribution in [0.3, 0.4) is 0 Å². The summed E-state index contributed by atoms with van der Waals surface area (Å²) >= 11 is 0. The molecule has 0 aromatic heterocycles. The Morgan fingerprint density at radius 3 is 1.94 bits per heavy atom. The van der Waals surface area contributed by atoms with Gasteiger partial charge >= 0.3 is 31.7 Å². The third-order valence-electron chi connectivity index (χ3n) is 4.38. The molecule has 3 unspecified atom stereocenters. The van der Waals surface area contributed by atoms with Crippen LogP contribution in [0.25, 0.3) is 0 Å². The van der Waals surface area contributed by atoms with Crippen LogP contribution >= 0.6 is 7.75 Å². The van der Waals surface area contributed by atoms with Crippen LogP contribution in [0.15, 0.2) is 0 Å². The Morgan fingerprint density at radius 2 is 1.45 bits per heavy atom. The van der Waals surface area contributed by atoms with Crippen molar-refractivity contribution in [2.24, 2.45) is 0 Å². The summed E-state index contributed by atoms with van der Waals surface area (Å²) in [6, 6.07) is -0.929. The highest BCUT2D eigenvalue weighted by Gasteiger charge is 2.60. The molecule has 2 rings (SSSR count). The van der Waals surface area contributed by atoms with Crippen LogP contribution in [0.5, 0.6) is 0 Å². The first-order chi connectivity index (χ1) is 14.5. The average molecular weight is 466 g/mol. The zero-order chi connectivity index (χ0) is 23.3. The number of fused-ring (bicyclic) bond motifs is 1. The predicted molar refractivity (Wildman–Crippen MR) is 101 cm³/mol. The molecule has 0 saturated carbocycles. The van der Waals surface area contributed by atoms with E-state index in [0.29, 0.717) is 0 Å². The maximum absolute atomic E-state index is 13.1. The van der Waals surface area contributed by atoms with Gasteiger partial charge in [-0.3, -0.25) is 28.3 Å². The number of carbonyl (C=O) groups is 4. The number of hydrogen-bond donors (Lipinski definition) is 1. The zero-order valence-corrected chi connectivity index (χ0v) is 18.8. The van der Waals surface area contributed by atoms with Gasteiger partial charge in [0.05, 0.1) is 13.2 Å². The van der Waals surface area contributed by atoms with E-state index in [1.54, 1.807) is 13.8 Å². The van der Waals surface area contributed by atoms with Crippen molar-refractivity contribution in [1.82, 2.24) is 9.99 Å². The van der Waals surface area contributed by atoms with Gasteiger partial charge in [0, 0.05) is 20.8 Å². The molecule has 0 aromatic rings. The summed E-state index contributed by atoms with van der Waals surface area (Å²) in [7, 11) is -3.99. The first-order valence-corrected chi connectivity index (χ1v) is 11.2. The highest BCUT2D eigenvalue weighted by molar-refractivity contribution is 7.51. The standard InChI is InChI=1S/C17H27N2O11P/c1-6-26-31(24,27-7-2)18-16-15(30-11(5)22)14(29-10(4)21)13(28-9(3)20)12-8-25-17(23)19(12)16/h12-16H,6-8H2,1-5H3,(H,18,24)/t12?,13-,14?,15?,16+/m0/s1. The molecule has 0 aliphatic carbocycles. The Morgan fingerprint density at radius 1 is 0.968 bits per heavy atom. The molecule has 31 heavy (non-hydrogen) atoms. The van der Waals surface area contributed by atoms with Crippen molar-refractivity contribution in [2.45, 2.75) is 65.1 Å². The van der Waals surface area contributed by atoms with Crippen LogP contribution in [0.4, 0.5) is 4.79 Å². The SMILES string of the molecule is CCOP(=O)(N[C@H]1C(OC(C)=O)C(OC(C)=O)[C@@H](OC(C)=O)C2COC(=O)N21)OCC. The monoisotopic (exact) mass is 466 g/mol. The molecule has 0 spiro atoms. The van der Waals surface area contributed by atoms with Crippen LogP contribution < -0.4 is 5.09 Å². The maximum atomic E-state index is 13.1. The van der Waals surface area contributed by atoms with Gasteiger partial charge in [0.2, 0.25) is 0 Å². The number of rotatable bonds is 9. The molecular weight excluding hydrogens is 439 g/mol. The third-order valence-corrected chi connectivity index (χ3v) is 6.16. The second kappa shape index (κ2) is 10.4. The first kappa shape index (κ1) is 25.1. The Bertz CT molecular complexity index is 750. The summed E-state index contributed by atoms with van der Waals surface area (Å²) in [6.07, 6.45) is -6.17. The lowest BCUT2D eigenvalue weighted by Crippen LogP contribution is -2.71. The van der Waals surface area contributed by atoms with Crippen molar-refractivity contribution in [2.75, 3.05) is 19.8 Å². The van der Waals surface area contributed by atoms with Crippen LogP contribution in [0.2, 0.25) is 0 Å². The van der Waals surface area contributed by atoms with Gasteiger partial charge in [-0.2, -0.15) is 5.09 Å². The van der Waals surface area contributed by atoms with E-state index in [4.69, 9.17) is 28.0 Å². The van der Waals surface area contributed by atoms with E-state index in [1.165, 1.54) is 0 Å². The summed E-state index contributed by atoms with van der Waals surface area (Å²) in [4.78, 5) is 48.9. The molecule has 5 atom stereocenters. The lowest BCUT2D eigenvalue weighted by molar-refractivity contribution is -0.207. The lowest BCUT2D eigenvalue weighted by atomic mass is 9.92. The van der Waals surface area contributed by atoms with E-state index in [-0.39, 0.29) is 19.8 Å². The van der Waals surface area contributed by atoms with E-state index < -0.39 is 62.3 Å². The third kappa shape index (κ3) is 5.94. The topological polar surface area (TPSA) is 156 Å². The summed E-state index contributed by atoms with van der Waals surface area (Å²) in [5.41, 5.74) is 0. The molecule has 14 heteroatoms. The maximum Gasteiger partial charge on any atom is 0.411 e. The number of piperidine rings is 1. The number of carbonyl (C=O) groups excluding carboxylic acids is 4. The molecule has 1 N–H and O–H groups in total. The molecule has 1 amide bonds. The summed E-state index contributed by atoms with van der Waals surface area (Å²) in [6.45, 7) is 6.32. The smallest absolute Gasteiger partial charge is 0.411 e. The van der Waals surface area contributed by atoms with Crippen LogP contribution in [-0.4, -0.2) is 79.2 Å². The van der Waals surface area contributed by atoms with Crippen LogP contribution in [-0.2, 0) is 46.9 Å². The fraction of sp³-hybridized carbons (Fsp3) is 0.765. The van der Waals surface area contributed by atoms with E-state index in [1.807, 2.05) is 0 Å². The molecule has 2 saturated heterocycles. The van der Waals surface area contributed by atoms with Gasteiger partial charge in [-0.05, 0) is 13.8 Å². The van der Waals surface area contributed by atoms with Crippen molar-refractivity contribution < 1.29 is 51.7 Å². The number of hydrogen-bond acceptors (Lipinski definition) is 11. The highest BCUT2D eigenvalue weighted by atomic mass is 31.2. The molecule has 0 bridgehead atoms.